The minimum Gasteiger partial charge on any atom is -0.383 e. The molecule has 0 unspecified atom stereocenters. The lowest BCUT2D eigenvalue weighted by molar-refractivity contribution is 0.203. The van der Waals surface area contributed by atoms with Crippen molar-refractivity contribution in [1.82, 2.24) is 4.98 Å². The SMILES string of the molecule is COCCN(c1cc([C@@H](C)N)ccn1)C(C)C. The van der Waals surface area contributed by atoms with E-state index < -0.39 is 0 Å². The summed E-state index contributed by atoms with van der Waals surface area (Å²) >= 11 is 0. The van der Waals surface area contributed by atoms with Crippen LogP contribution in [0.3, 0.4) is 0 Å². The van der Waals surface area contributed by atoms with Gasteiger partial charge in [-0.3, -0.25) is 0 Å². The highest BCUT2D eigenvalue weighted by Gasteiger charge is 2.12. The zero-order valence-electron chi connectivity index (χ0n) is 11.2. The van der Waals surface area contributed by atoms with Crippen molar-refractivity contribution >= 4 is 5.82 Å². The van der Waals surface area contributed by atoms with Crippen molar-refractivity contribution < 1.29 is 4.74 Å². The molecule has 2 N–H and O–H groups in total. The van der Waals surface area contributed by atoms with Gasteiger partial charge < -0.3 is 15.4 Å². The van der Waals surface area contributed by atoms with Crippen LogP contribution < -0.4 is 10.6 Å². The van der Waals surface area contributed by atoms with Gasteiger partial charge in [0.15, 0.2) is 0 Å². The predicted octanol–water partition coefficient (Wildman–Crippen LogP) is 1.96. The Morgan fingerprint density at radius 3 is 2.65 bits per heavy atom. The Hall–Kier alpha value is -1.13. The number of hydrogen-bond donors (Lipinski definition) is 1. The predicted molar refractivity (Wildman–Crippen MR) is 71.2 cm³/mol. The third kappa shape index (κ3) is 3.98. The fourth-order valence-corrected chi connectivity index (χ4v) is 1.70. The van der Waals surface area contributed by atoms with Crippen LogP contribution in [0.2, 0.25) is 0 Å². The minimum absolute atomic E-state index is 0.0354. The fourth-order valence-electron chi connectivity index (χ4n) is 1.70. The second-order valence-electron chi connectivity index (χ2n) is 4.52. The van der Waals surface area contributed by atoms with Gasteiger partial charge in [-0.1, -0.05) is 0 Å². The van der Waals surface area contributed by atoms with Crippen molar-refractivity contribution in [3.05, 3.63) is 23.9 Å². The van der Waals surface area contributed by atoms with Gasteiger partial charge in [-0.05, 0) is 38.5 Å². The molecule has 0 aliphatic heterocycles. The van der Waals surface area contributed by atoms with E-state index in [0.717, 1.165) is 17.9 Å². The van der Waals surface area contributed by atoms with E-state index in [4.69, 9.17) is 10.5 Å². The fraction of sp³-hybridized carbons (Fsp3) is 0.615. The average molecular weight is 237 g/mol. The van der Waals surface area contributed by atoms with Gasteiger partial charge in [0, 0.05) is 31.9 Å². The van der Waals surface area contributed by atoms with E-state index in [1.54, 1.807) is 7.11 Å². The maximum absolute atomic E-state index is 5.89. The Morgan fingerprint density at radius 2 is 2.12 bits per heavy atom. The van der Waals surface area contributed by atoms with Crippen LogP contribution >= 0.6 is 0 Å². The molecule has 4 nitrogen and oxygen atoms in total. The lowest BCUT2D eigenvalue weighted by Gasteiger charge is -2.28. The first-order valence-electron chi connectivity index (χ1n) is 6.03. The van der Waals surface area contributed by atoms with E-state index in [1.165, 1.54) is 0 Å². The van der Waals surface area contributed by atoms with Gasteiger partial charge >= 0.3 is 0 Å². The molecule has 4 heteroatoms. The maximum Gasteiger partial charge on any atom is 0.129 e. The number of nitrogens with zero attached hydrogens (tertiary/aromatic N) is 2. The number of methoxy groups -OCH3 is 1. The smallest absolute Gasteiger partial charge is 0.129 e. The zero-order chi connectivity index (χ0) is 12.8. The van der Waals surface area contributed by atoms with Crippen molar-refractivity contribution in [2.45, 2.75) is 32.9 Å². The molecule has 0 aliphatic rings. The van der Waals surface area contributed by atoms with E-state index in [1.807, 2.05) is 19.2 Å². The first kappa shape index (κ1) is 13.9. The van der Waals surface area contributed by atoms with Crippen LogP contribution in [0, 0.1) is 0 Å². The minimum atomic E-state index is 0.0354. The molecule has 0 radical (unpaired) electrons. The zero-order valence-corrected chi connectivity index (χ0v) is 11.2. The summed E-state index contributed by atoms with van der Waals surface area (Å²) in [5.41, 5.74) is 7.00. The molecule has 0 saturated heterocycles. The number of aromatic nitrogens is 1. The van der Waals surface area contributed by atoms with Gasteiger partial charge in [-0.2, -0.15) is 0 Å². The summed E-state index contributed by atoms with van der Waals surface area (Å²) in [6, 6.07) is 4.44. The van der Waals surface area contributed by atoms with Gasteiger partial charge in [0.2, 0.25) is 0 Å². The standard InChI is InChI=1S/C13H23N3O/c1-10(2)16(7-8-17-4)13-9-12(11(3)14)5-6-15-13/h5-6,9-11H,7-8,14H2,1-4H3/t11-/m1/s1. The molecule has 0 bridgehead atoms. The number of pyridine rings is 1. The molecule has 96 valence electrons. The van der Waals surface area contributed by atoms with Crippen LogP contribution in [0.15, 0.2) is 18.3 Å². The molecule has 1 atom stereocenters. The van der Waals surface area contributed by atoms with Crippen LogP contribution in [0.25, 0.3) is 0 Å². The van der Waals surface area contributed by atoms with Crippen molar-refractivity contribution in [1.29, 1.82) is 0 Å². The quantitative estimate of drug-likeness (QED) is 0.821. The summed E-state index contributed by atoms with van der Waals surface area (Å²) in [7, 11) is 1.71. The number of hydrogen-bond acceptors (Lipinski definition) is 4. The van der Waals surface area contributed by atoms with Crippen LogP contribution in [0.5, 0.6) is 0 Å². The molecule has 1 aromatic heterocycles. The summed E-state index contributed by atoms with van der Waals surface area (Å²) in [6.07, 6.45) is 1.82. The molecule has 1 heterocycles. The lowest BCUT2D eigenvalue weighted by Crippen LogP contribution is -2.34. The van der Waals surface area contributed by atoms with Crippen molar-refractivity contribution in [3.8, 4) is 0 Å². The van der Waals surface area contributed by atoms with Crippen LogP contribution in [0.4, 0.5) is 5.82 Å². The van der Waals surface area contributed by atoms with Gasteiger partial charge in [0.25, 0.3) is 0 Å². The average Bonchev–Trinajstić information content (AvgIpc) is 2.29. The number of rotatable bonds is 6. The third-order valence-electron chi connectivity index (χ3n) is 2.75. The summed E-state index contributed by atoms with van der Waals surface area (Å²) < 4.78 is 5.13. The highest BCUT2D eigenvalue weighted by atomic mass is 16.5. The molecular weight excluding hydrogens is 214 g/mol. The van der Waals surface area contributed by atoms with Gasteiger partial charge in [0.1, 0.15) is 5.82 Å². The summed E-state index contributed by atoms with van der Waals surface area (Å²) in [4.78, 5) is 6.63. The van der Waals surface area contributed by atoms with E-state index in [-0.39, 0.29) is 6.04 Å². The maximum atomic E-state index is 5.89. The normalized spacial score (nSPS) is 12.8. The molecule has 0 spiro atoms. The van der Waals surface area contributed by atoms with E-state index in [9.17, 15) is 0 Å². The van der Waals surface area contributed by atoms with Crippen molar-refractivity contribution in [3.63, 3.8) is 0 Å². The number of nitrogens with two attached hydrogens (primary N) is 1. The van der Waals surface area contributed by atoms with Gasteiger partial charge in [-0.15, -0.1) is 0 Å². The Kier molecular flexibility index (Phi) is 5.38. The molecule has 17 heavy (non-hydrogen) atoms. The van der Waals surface area contributed by atoms with Crippen LogP contribution in [-0.2, 0) is 4.74 Å². The molecule has 0 saturated carbocycles. The van der Waals surface area contributed by atoms with Gasteiger partial charge in [-0.25, -0.2) is 4.98 Å². The topological polar surface area (TPSA) is 51.4 Å². The largest absolute Gasteiger partial charge is 0.383 e. The summed E-state index contributed by atoms with van der Waals surface area (Å²) in [5, 5.41) is 0. The van der Waals surface area contributed by atoms with Crippen molar-refractivity contribution in [2.24, 2.45) is 5.73 Å². The molecule has 0 amide bonds. The van der Waals surface area contributed by atoms with Crippen LogP contribution in [0.1, 0.15) is 32.4 Å². The van der Waals surface area contributed by atoms with E-state index >= 15 is 0 Å². The molecule has 0 aliphatic carbocycles. The highest BCUT2D eigenvalue weighted by Crippen LogP contribution is 2.18. The van der Waals surface area contributed by atoms with Crippen molar-refractivity contribution in [2.75, 3.05) is 25.2 Å². The Labute approximate surface area is 104 Å². The second kappa shape index (κ2) is 6.57. The lowest BCUT2D eigenvalue weighted by atomic mass is 10.1. The summed E-state index contributed by atoms with van der Waals surface area (Å²) in [5.74, 6) is 0.965. The molecular formula is C13H23N3O. The molecule has 1 rings (SSSR count). The monoisotopic (exact) mass is 237 g/mol. The number of ether oxygens (including phenoxy) is 1. The Morgan fingerprint density at radius 1 is 1.41 bits per heavy atom. The molecule has 0 aromatic carbocycles. The third-order valence-corrected chi connectivity index (χ3v) is 2.75. The summed E-state index contributed by atoms with van der Waals surface area (Å²) in [6.45, 7) is 7.81. The molecule has 0 fully saturated rings. The first-order valence-corrected chi connectivity index (χ1v) is 6.03. The van der Waals surface area contributed by atoms with Gasteiger partial charge in [0.05, 0.1) is 6.61 Å². The second-order valence-corrected chi connectivity index (χ2v) is 4.52. The first-order chi connectivity index (χ1) is 8.06. The van der Waals surface area contributed by atoms with E-state index in [0.29, 0.717) is 12.6 Å². The highest BCUT2D eigenvalue weighted by molar-refractivity contribution is 5.42. The number of anilines is 1. The van der Waals surface area contributed by atoms with E-state index in [2.05, 4.69) is 29.8 Å². The van der Waals surface area contributed by atoms with Crippen LogP contribution in [-0.4, -0.2) is 31.3 Å². The Balaban J connectivity index is 2.89. The Bertz CT molecular complexity index is 339. The molecule has 1 aromatic rings.